The fourth-order valence-corrected chi connectivity index (χ4v) is 0.900. The number of allylic oxidation sites excluding steroid dienone is 2. The average molecular weight is 161 g/mol. The Hall–Kier alpha value is -0.810. The predicted molar refractivity (Wildman–Crippen MR) is 34.2 cm³/mol. The van der Waals surface area contributed by atoms with E-state index in [1.54, 1.807) is 0 Å². The molecule has 0 spiro atoms. The summed E-state index contributed by atoms with van der Waals surface area (Å²) in [5.41, 5.74) is -0.449. The summed E-state index contributed by atoms with van der Waals surface area (Å²) in [5, 5.41) is 0. The minimum atomic E-state index is -4.17. The third-order valence-corrected chi connectivity index (χ3v) is 1.60. The fourth-order valence-electron chi connectivity index (χ4n) is 0.472. The van der Waals surface area contributed by atoms with Crippen molar-refractivity contribution in [1.82, 2.24) is 0 Å². The molecule has 0 fully saturated rings. The maximum Gasteiger partial charge on any atom is 0.316 e. The molecule has 0 aliphatic carbocycles. The molecule has 55 valence electrons. The van der Waals surface area contributed by atoms with E-state index < -0.39 is 15.6 Å². The lowest BCUT2D eigenvalue weighted by Crippen LogP contribution is -2.11. The molecule has 1 aliphatic rings. The van der Waals surface area contributed by atoms with Crippen molar-refractivity contribution in [1.29, 1.82) is 0 Å². The maximum atomic E-state index is 10.3. The first-order chi connectivity index (χ1) is 4.61. The second-order valence-electron chi connectivity index (χ2n) is 1.60. The molecule has 0 saturated heterocycles. The Bertz CT molecular complexity index is 261. The van der Waals surface area contributed by atoms with Crippen molar-refractivity contribution in [3.8, 4) is 0 Å². The van der Waals surface area contributed by atoms with Gasteiger partial charge in [-0.05, 0) is 12.2 Å². The molecular formula is C5H5O4S. The highest BCUT2D eigenvalue weighted by atomic mass is 32.2. The molecule has 0 saturated carbocycles. The second-order valence-corrected chi connectivity index (χ2v) is 2.95. The standard InChI is InChI=1S/C5H5O4S/c6-10(7,8)5-3-1-2-4-9-5/h1-4H,(H,6,7,8). The van der Waals surface area contributed by atoms with Gasteiger partial charge in [0.05, 0.1) is 6.26 Å². The summed E-state index contributed by atoms with van der Waals surface area (Å²) in [6.45, 7) is 0. The van der Waals surface area contributed by atoms with Gasteiger partial charge in [-0.2, -0.15) is 8.42 Å². The molecule has 0 unspecified atom stereocenters. The maximum absolute atomic E-state index is 10.3. The van der Waals surface area contributed by atoms with Crippen LogP contribution < -0.4 is 0 Å². The molecule has 4 nitrogen and oxygen atoms in total. The van der Waals surface area contributed by atoms with Gasteiger partial charge in [-0.1, -0.05) is 6.08 Å². The number of hydrogen-bond donors (Lipinski definition) is 1. The minimum absolute atomic E-state index is 0.449. The number of hydrogen-bond acceptors (Lipinski definition) is 3. The van der Waals surface area contributed by atoms with Crippen molar-refractivity contribution in [2.24, 2.45) is 0 Å². The summed E-state index contributed by atoms with van der Waals surface area (Å²) in [7, 11) is -4.17. The summed E-state index contributed by atoms with van der Waals surface area (Å²) < 4.78 is 33.4. The van der Waals surface area contributed by atoms with E-state index in [9.17, 15) is 8.42 Å². The minimum Gasteiger partial charge on any atom is -0.467 e. The molecule has 0 bridgehead atoms. The molecule has 1 rings (SSSR count). The number of rotatable bonds is 1. The van der Waals surface area contributed by atoms with Crippen LogP contribution in [0.4, 0.5) is 0 Å². The molecule has 0 aromatic rings. The highest BCUT2D eigenvalue weighted by molar-refractivity contribution is 7.88. The monoisotopic (exact) mass is 161 g/mol. The summed E-state index contributed by atoms with van der Waals surface area (Å²) in [4.78, 5) is 0. The Morgan fingerprint density at radius 2 is 2.10 bits per heavy atom. The highest BCUT2D eigenvalue weighted by Gasteiger charge is 2.23. The molecule has 0 atom stereocenters. The summed E-state index contributed by atoms with van der Waals surface area (Å²) in [5.74, 6) is 0. The quantitative estimate of drug-likeness (QED) is 0.567. The van der Waals surface area contributed by atoms with E-state index in [1.807, 2.05) is 0 Å². The van der Waals surface area contributed by atoms with E-state index in [4.69, 9.17) is 4.55 Å². The summed E-state index contributed by atoms with van der Waals surface area (Å²) in [6.07, 6.45) is 5.29. The van der Waals surface area contributed by atoms with E-state index in [2.05, 4.69) is 4.74 Å². The van der Waals surface area contributed by atoms with Gasteiger partial charge >= 0.3 is 15.6 Å². The SMILES string of the molecule is O=S(=O)(O)[C]1C=CC=CO1. The smallest absolute Gasteiger partial charge is 0.316 e. The first-order valence-electron chi connectivity index (χ1n) is 2.45. The largest absolute Gasteiger partial charge is 0.467 e. The first kappa shape index (κ1) is 7.30. The molecule has 10 heavy (non-hydrogen) atoms. The zero-order valence-electron chi connectivity index (χ0n) is 4.89. The van der Waals surface area contributed by atoms with Gasteiger partial charge in [-0.25, -0.2) is 0 Å². The van der Waals surface area contributed by atoms with Gasteiger partial charge in [0.2, 0.25) is 0 Å². The zero-order valence-corrected chi connectivity index (χ0v) is 5.71. The van der Waals surface area contributed by atoms with Crippen LogP contribution in [0.1, 0.15) is 0 Å². The van der Waals surface area contributed by atoms with E-state index in [0.717, 1.165) is 6.08 Å². The van der Waals surface area contributed by atoms with Crippen LogP contribution in [-0.4, -0.2) is 13.0 Å². The van der Waals surface area contributed by atoms with Gasteiger partial charge in [-0.15, -0.1) is 0 Å². The summed E-state index contributed by atoms with van der Waals surface area (Å²) >= 11 is 0. The Morgan fingerprint density at radius 1 is 1.40 bits per heavy atom. The molecular weight excluding hydrogens is 156 g/mol. The Balaban J connectivity index is 2.79. The van der Waals surface area contributed by atoms with Crippen LogP contribution in [-0.2, 0) is 14.9 Å². The normalized spacial score (nSPS) is 18.9. The van der Waals surface area contributed by atoms with Gasteiger partial charge < -0.3 is 4.74 Å². The number of ether oxygens (including phenoxy) is 1. The lowest BCUT2D eigenvalue weighted by Gasteiger charge is -2.08. The molecule has 1 N–H and O–H groups in total. The van der Waals surface area contributed by atoms with Gasteiger partial charge in [0.25, 0.3) is 0 Å². The van der Waals surface area contributed by atoms with Gasteiger partial charge in [0.15, 0.2) is 0 Å². The lowest BCUT2D eigenvalue weighted by atomic mass is 10.4. The van der Waals surface area contributed by atoms with Crippen LogP contribution in [0.15, 0.2) is 24.5 Å². The molecule has 0 aromatic heterocycles. The van der Waals surface area contributed by atoms with Crippen LogP contribution in [0.25, 0.3) is 0 Å². The molecule has 1 radical (unpaired) electrons. The van der Waals surface area contributed by atoms with Crippen molar-refractivity contribution >= 4 is 10.1 Å². The van der Waals surface area contributed by atoms with Crippen LogP contribution in [0.5, 0.6) is 0 Å². The highest BCUT2D eigenvalue weighted by Crippen LogP contribution is 2.15. The van der Waals surface area contributed by atoms with E-state index in [1.165, 1.54) is 18.4 Å². The van der Waals surface area contributed by atoms with E-state index >= 15 is 0 Å². The second kappa shape index (κ2) is 2.43. The molecule has 1 aliphatic heterocycles. The lowest BCUT2D eigenvalue weighted by molar-refractivity contribution is 0.309. The molecule has 0 aromatic carbocycles. The molecule has 1 heterocycles. The molecule has 5 heteroatoms. The topological polar surface area (TPSA) is 63.6 Å². The zero-order chi connectivity index (χ0) is 7.61. The van der Waals surface area contributed by atoms with Crippen LogP contribution in [0, 0.1) is 5.44 Å². The predicted octanol–water partition coefficient (Wildman–Crippen LogP) is 0.464. The van der Waals surface area contributed by atoms with E-state index in [0.29, 0.717) is 0 Å². The van der Waals surface area contributed by atoms with Crippen molar-refractivity contribution in [3.63, 3.8) is 0 Å². The van der Waals surface area contributed by atoms with Crippen molar-refractivity contribution in [2.75, 3.05) is 0 Å². The van der Waals surface area contributed by atoms with Crippen molar-refractivity contribution in [3.05, 3.63) is 29.9 Å². The Labute approximate surface area is 58.6 Å². The Morgan fingerprint density at radius 3 is 2.40 bits per heavy atom. The Kier molecular flexibility index (Phi) is 1.78. The van der Waals surface area contributed by atoms with Crippen molar-refractivity contribution in [2.45, 2.75) is 0 Å². The van der Waals surface area contributed by atoms with Crippen LogP contribution in [0.2, 0.25) is 0 Å². The van der Waals surface area contributed by atoms with Crippen LogP contribution in [0.3, 0.4) is 0 Å². The van der Waals surface area contributed by atoms with Gasteiger partial charge in [-0.3, -0.25) is 4.55 Å². The third kappa shape index (κ3) is 1.58. The van der Waals surface area contributed by atoms with Gasteiger partial charge in [0.1, 0.15) is 0 Å². The fraction of sp³-hybridized carbons (Fsp3) is 0. The summed E-state index contributed by atoms with van der Waals surface area (Å²) in [6, 6.07) is 0. The van der Waals surface area contributed by atoms with E-state index in [-0.39, 0.29) is 0 Å². The van der Waals surface area contributed by atoms with Crippen molar-refractivity contribution < 1.29 is 17.7 Å². The average Bonchev–Trinajstić information content (AvgIpc) is 1.88. The first-order valence-corrected chi connectivity index (χ1v) is 3.89. The van der Waals surface area contributed by atoms with Gasteiger partial charge in [0, 0.05) is 0 Å². The molecule has 0 amide bonds. The van der Waals surface area contributed by atoms with Crippen LogP contribution >= 0.6 is 0 Å². The third-order valence-electron chi connectivity index (χ3n) is 0.860.